The quantitative estimate of drug-likeness (QED) is 0.868. The summed E-state index contributed by atoms with van der Waals surface area (Å²) in [6.07, 6.45) is 2.42. The summed E-state index contributed by atoms with van der Waals surface area (Å²) in [6, 6.07) is 7.43. The van der Waals surface area contributed by atoms with Gasteiger partial charge in [-0.2, -0.15) is 0 Å². The summed E-state index contributed by atoms with van der Waals surface area (Å²) in [5.74, 6) is 0.549. The van der Waals surface area contributed by atoms with E-state index in [1.54, 1.807) is 12.1 Å². The lowest BCUT2D eigenvalue weighted by Crippen LogP contribution is -2.39. The molecule has 1 heterocycles. The number of hydrogen-bond donors (Lipinski definition) is 1. The molecule has 1 fully saturated rings. The van der Waals surface area contributed by atoms with E-state index in [1.807, 2.05) is 13.1 Å². The molecule has 3 heteroatoms. The molecular weight excluding hydrogens is 215 g/mol. The molecule has 1 aliphatic rings. The topological polar surface area (TPSA) is 15.3 Å². The smallest absolute Gasteiger partial charge is 0.125 e. The Hall–Kier alpha value is -1.09. The van der Waals surface area contributed by atoms with E-state index in [9.17, 15) is 4.39 Å². The summed E-state index contributed by atoms with van der Waals surface area (Å²) in [5, 5.41) is 3.46. The molecule has 2 nitrogen and oxygen atoms in total. The summed E-state index contributed by atoms with van der Waals surface area (Å²) in [4.78, 5) is 2.16. The fourth-order valence-corrected chi connectivity index (χ4v) is 2.61. The second-order valence-electron chi connectivity index (χ2n) is 5.11. The van der Waals surface area contributed by atoms with Gasteiger partial charge in [-0.05, 0) is 50.4 Å². The Bertz CT molecular complexity index is 367. The summed E-state index contributed by atoms with van der Waals surface area (Å²) in [6.45, 7) is 4.34. The minimum atomic E-state index is -0.159. The first-order valence-corrected chi connectivity index (χ1v) is 6.35. The lowest BCUT2D eigenvalue weighted by molar-refractivity contribution is 0.319. The molecule has 17 heavy (non-hydrogen) atoms. The molecule has 2 atom stereocenters. The van der Waals surface area contributed by atoms with E-state index >= 15 is 0 Å². The molecule has 94 valence electrons. The highest BCUT2D eigenvalue weighted by Crippen LogP contribution is 2.21. The Balaban J connectivity index is 1.94. The van der Waals surface area contributed by atoms with E-state index in [-0.39, 0.29) is 5.82 Å². The van der Waals surface area contributed by atoms with Crippen LogP contribution >= 0.6 is 0 Å². The third kappa shape index (κ3) is 3.43. The second-order valence-corrected chi connectivity index (χ2v) is 5.11. The average molecular weight is 236 g/mol. The van der Waals surface area contributed by atoms with Crippen molar-refractivity contribution in [3.05, 3.63) is 30.1 Å². The van der Waals surface area contributed by atoms with Gasteiger partial charge in [0.25, 0.3) is 0 Å². The van der Waals surface area contributed by atoms with E-state index < -0.39 is 0 Å². The van der Waals surface area contributed by atoms with Crippen LogP contribution in [0.3, 0.4) is 0 Å². The van der Waals surface area contributed by atoms with Gasteiger partial charge < -0.3 is 10.2 Å². The van der Waals surface area contributed by atoms with Crippen LogP contribution in [0.4, 0.5) is 10.1 Å². The predicted octanol–water partition coefficient (Wildman–Crippen LogP) is 2.65. The third-order valence-electron chi connectivity index (χ3n) is 3.51. The highest BCUT2D eigenvalue weighted by molar-refractivity contribution is 5.45. The molecule has 2 unspecified atom stereocenters. The molecule has 0 amide bonds. The van der Waals surface area contributed by atoms with Crippen molar-refractivity contribution in [2.75, 3.05) is 25.0 Å². The summed E-state index contributed by atoms with van der Waals surface area (Å²) >= 11 is 0. The molecule has 1 aromatic rings. The van der Waals surface area contributed by atoms with Crippen molar-refractivity contribution in [3.8, 4) is 0 Å². The van der Waals surface area contributed by atoms with Crippen LogP contribution in [-0.4, -0.2) is 26.2 Å². The van der Waals surface area contributed by atoms with Crippen molar-refractivity contribution >= 4 is 5.69 Å². The van der Waals surface area contributed by atoms with Gasteiger partial charge in [-0.3, -0.25) is 0 Å². The van der Waals surface area contributed by atoms with Crippen molar-refractivity contribution in [1.82, 2.24) is 5.32 Å². The van der Waals surface area contributed by atoms with Gasteiger partial charge in [0.1, 0.15) is 5.82 Å². The number of nitrogens with zero attached hydrogens (tertiary/aromatic N) is 1. The van der Waals surface area contributed by atoms with E-state index in [4.69, 9.17) is 0 Å². The molecule has 0 radical (unpaired) electrons. The average Bonchev–Trinajstić information content (AvgIpc) is 2.29. The SMILES string of the molecule is CC1CC(CN(C)c2cccc(F)c2)CCN1. The van der Waals surface area contributed by atoms with Crippen molar-refractivity contribution < 1.29 is 4.39 Å². The maximum Gasteiger partial charge on any atom is 0.125 e. The minimum Gasteiger partial charge on any atom is -0.374 e. The molecule has 0 saturated carbocycles. The maximum absolute atomic E-state index is 13.1. The zero-order valence-electron chi connectivity index (χ0n) is 10.6. The lowest BCUT2D eigenvalue weighted by atomic mass is 9.93. The highest BCUT2D eigenvalue weighted by Gasteiger charge is 2.19. The van der Waals surface area contributed by atoms with Crippen molar-refractivity contribution in [2.24, 2.45) is 5.92 Å². The summed E-state index contributed by atoms with van der Waals surface area (Å²) in [7, 11) is 2.04. The Morgan fingerprint density at radius 1 is 1.47 bits per heavy atom. The maximum atomic E-state index is 13.1. The van der Waals surface area contributed by atoms with Crippen LogP contribution in [-0.2, 0) is 0 Å². The van der Waals surface area contributed by atoms with Crippen molar-refractivity contribution in [1.29, 1.82) is 0 Å². The number of nitrogens with one attached hydrogen (secondary N) is 1. The first kappa shape index (κ1) is 12.4. The molecule has 0 bridgehead atoms. The molecular formula is C14H21FN2. The fraction of sp³-hybridized carbons (Fsp3) is 0.571. The fourth-order valence-electron chi connectivity index (χ4n) is 2.61. The van der Waals surface area contributed by atoms with Crippen LogP contribution in [0.2, 0.25) is 0 Å². The van der Waals surface area contributed by atoms with Gasteiger partial charge in [0.2, 0.25) is 0 Å². The van der Waals surface area contributed by atoms with Crippen LogP contribution < -0.4 is 10.2 Å². The number of benzene rings is 1. The Morgan fingerprint density at radius 3 is 3.00 bits per heavy atom. The van der Waals surface area contributed by atoms with Crippen molar-refractivity contribution in [2.45, 2.75) is 25.8 Å². The van der Waals surface area contributed by atoms with Gasteiger partial charge in [-0.15, -0.1) is 0 Å². The zero-order valence-corrected chi connectivity index (χ0v) is 10.6. The largest absolute Gasteiger partial charge is 0.374 e. The number of hydrogen-bond acceptors (Lipinski definition) is 2. The normalized spacial score (nSPS) is 24.6. The van der Waals surface area contributed by atoms with Crippen LogP contribution in [0, 0.1) is 11.7 Å². The van der Waals surface area contributed by atoms with E-state index in [1.165, 1.54) is 18.9 Å². The molecule has 1 aromatic carbocycles. The molecule has 1 aliphatic heterocycles. The van der Waals surface area contributed by atoms with E-state index in [2.05, 4.69) is 17.1 Å². The van der Waals surface area contributed by atoms with Crippen molar-refractivity contribution in [3.63, 3.8) is 0 Å². The number of halogens is 1. The first-order valence-electron chi connectivity index (χ1n) is 6.35. The number of anilines is 1. The van der Waals surface area contributed by atoms with Crippen LogP contribution in [0.1, 0.15) is 19.8 Å². The third-order valence-corrected chi connectivity index (χ3v) is 3.51. The first-order chi connectivity index (χ1) is 8.15. The monoisotopic (exact) mass is 236 g/mol. The Kier molecular flexibility index (Phi) is 4.00. The lowest BCUT2D eigenvalue weighted by Gasteiger charge is -2.32. The minimum absolute atomic E-state index is 0.159. The molecule has 0 spiro atoms. The van der Waals surface area contributed by atoms with Crippen LogP contribution in [0.25, 0.3) is 0 Å². The molecule has 0 aromatic heterocycles. The number of rotatable bonds is 3. The standard InChI is InChI=1S/C14H21FN2/c1-11-8-12(6-7-16-11)10-17(2)14-5-3-4-13(15)9-14/h3-5,9,11-12,16H,6-8,10H2,1-2H3. The molecule has 1 saturated heterocycles. The second kappa shape index (κ2) is 5.50. The van der Waals surface area contributed by atoms with Gasteiger partial charge in [0.15, 0.2) is 0 Å². The van der Waals surface area contributed by atoms with Crippen LogP contribution in [0.15, 0.2) is 24.3 Å². The number of piperidine rings is 1. The van der Waals surface area contributed by atoms with Crippen LogP contribution in [0.5, 0.6) is 0 Å². The Morgan fingerprint density at radius 2 is 2.29 bits per heavy atom. The molecule has 0 aliphatic carbocycles. The van der Waals surface area contributed by atoms with Gasteiger partial charge in [-0.1, -0.05) is 6.07 Å². The zero-order chi connectivity index (χ0) is 12.3. The summed E-state index contributed by atoms with van der Waals surface area (Å²) in [5.41, 5.74) is 0.969. The van der Waals surface area contributed by atoms with Gasteiger partial charge in [-0.25, -0.2) is 4.39 Å². The van der Waals surface area contributed by atoms with E-state index in [0.717, 1.165) is 18.8 Å². The predicted molar refractivity (Wildman–Crippen MR) is 69.9 cm³/mol. The Labute approximate surface area is 103 Å². The van der Waals surface area contributed by atoms with Gasteiger partial charge in [0, 0.05) is 25.3 Å². The highest BCUT2D eigenvalue weighted by atomic mass is 19.1. The molecule has 1 N–H and O–H groups in total. The molecule has 2 rings (SSSR count). The summed E-state index contributed by atoms with van der Waals surface area (Å²) < 4.78 is 13.1. The van der Waals surface area contributed by atoms with Gasteiger partial charge in [0.05, 0.1) is 0 Å². The van der Waals surface area contributed by atoms with E-state index in [0.29, 0.717) is 12.0 Å². The van der Waals surface area contributed by atoms with Gasteiger partial charge >= 0.3 is 0 Å².